The smallest absolute Gasteiger partial charge is 0.0655 e. The summed E-state index contributed by atoms with van der Waals surface area (Å²) in [4.78, 5) is 0. The lowest BCUT2D eigenvalue weighted by Crippen LogP contribution is -1.90. The van der Waals surface area contributed by atoms with Crippen molar-refractivity contribution < 1.29 is 0 Å². The molecule has 0 saturated heterocycles. The summed E-state index contributed by atoms with van der Waals surface area (Å²) in [6, 6.07) is 2.21. The SMILES string of the molecule is [CH2]C(C#N)CCCCCCCCCCCCCCCCCC=CC. The van der Waals surface area contributed by atoms with Crippen molar-refractivity contribution in [1.29, 1.82) is 5.26 Å². The number of unbranched alkanes of at least 4 members (excludes halogenated alkanes) is 15. The predicted octanol–water partition coefficient (Wildman–Crippen LogP) is 8.17. The van der Waals surface area contributed by atoms with Crippen LogP contribution in [0.1, 0.15) is 116 Å². The first-order valence-corrected chi connectivity index (χ1v) is 10.6. The van der Waals surface area contributed by atoms with Gasteiger partial charge in [0.05, 0.1) is 6.07 Å². The van der Waals surface area contributed by atoms with Gasteiger partial charge in [-0.15, -0.1) is 0 Å². The Morgan fingerprint density at radius 3 is 1.46 bits per heavy atom. The van der Waals surface area contributed by atoms with Crippen LogP contribution in [0.25, 0.3) is 0 Å². The van der Waals surface area contributed by atoms with Crippen molar-refractivity contribution in [2.24, 2.45) is 5.92 Å². The fourth-order valence-corrected chi connectivity index (χ4v) is 3.18. The summed E-state index contributed by atoms with van der Waals surface area (Å²) in [5, 5.41) is 8.66. The van der Waals surface area contributed by atoms with Crippen molar-refractivity contribution in [3.8, 4) is 6.07 Å². The van der Waals surface area contributed by atoms with Crippen LogP contribution in [0.2, 0.25) is 0 Å². The number of allylic oxidation sites excluding steroid dienone is 2. The average molecular weight is 333 g/mol. The molecule has 0 aliphatic rings. The Hall–Kier alpha value is -0.770. The third-order valence-corrected chi connectivity index (χ3v) is 4.84. The van der Waals surface area contributed by atoms with Crippen LogP contribution < -0.4 is 0 Å². The van der Waals surface area contributed by atoms with Crippen molar-refractivity contribution in [3.05, 3.63) is 19.1 Å². The molecule has 0 aromatic carbocycles. The third-order valence-electron chi connectivity index (χ3n) is 4.84. The van der Waals surface area contributed by atoms with Gasteiger partial charge in [-0.1, -0.05) is 102 Å². The van der Waals surface area contributed by atoms with Gasteiger partial charge < -0.3 is 0 Å². The minimum Gasteiger partial charge on any atom is -0.198 e. The van der Waals surface area contributed by atoms with Gasteiger partial charge in [0.15, 0.2) is 0 Å². The molecule has 0 fully saturated rings. The first-order chi connectivity index (χ1) is 11.8. The van der Waals surface area contributed by atoms with Crippen molar-refractivity contribution in [2.75, 3.05) is 0 Å². The Balaban J connectivity index is 3.02. The second kappa shape index (κ2) is 20.3. The van der Waals surface area contributed by atoms with Crippen LogP contribution in [-0.2, 0) is 0 Å². The van der Waals surface area contributed by atoms with Crippen molar-refractivity contribution in [1.82, 2.24) is 0 Å². The summed E-state index contributed by atoms with van der Waals surface area (Å²) in [5.41, 5.74) is 0. The molecule has 0 aliphatic heterocycles. The molecular weight excluding hydrogens is 290 g/mol. The fourth-order valence-electron chi connectivity index (χ4n) is 3.18. The summed E-state index contributed by atoms with van der Waals surface area (Å²) < 4.78 is 0. The molecule has 0 saturated carbocycles. The average Bonchev–Trinajstić information content (AvgIpc) is 2.60. The van der Waals surface area contributed by atoms with Crippen LogP contribution in [0.5, 0.6) is 0 Å². The van der Waals surface area contributed by atoms with Crippen molar-refractivity contribution in [3.63, 3.8) is 0 Å². The van der Waals surface area contributed by atoms with E-state index in [-0.39, 0.29) is 5.92 Å². The summed E-state index contributed by atoms with van der Waals surface area (Å²) in [6.45, 7) is 5.92. The maximum Gasteiger partial charge on any atom is 0.0655 e. The van der Waals surface area contributed by atoms with Crippen LogP contribution in [-0.4, -0.2) is 0 Å². The number of rotatable bonds is 18. The molecule has 139 valence electrons. The number of nitrogens with zero attached hydrogens (tertiary/aromatic N) is 1. The van der Waals surface area contributed by atoms with Crippen LogP contribution in [0.3, 0.4) is 0 Å². The second-order valence-corrected chi connectivity index (χ2v) is 7.28. The maximum absolute atomic E-state index is 8.66. The third kappa shape index (κ3) is 19.3. The zero-order chi connectivity index (χ0) is 17.7. The molecule has 1 unspecified atom stereocenters. The molecule has 0 aliphatic carbocycles. The molecule has 1 heteroatoms. The van der Waals surface area contributed by atoms with Gasteiger partial charge in [-0.05, 0) is 33.1 Å². The molecule has 1 nitrogen and oxygen atoms in total. The number of hydrogen-bond acceptors (Lipinski definition) is 1. The second-order valence-electron chi connectivity index (χ2n) is 7.28. The predicted molar refractivity (Wildman–Crippen MR) is 108 cm³/mol. The fraction of sp³-hybridized carbons (Fsp3) is 0.826. The highest BCUT2D eigenvalue weighted by Crippen LogP contribution is 2.15. The Bertz CT molecular complexity index is 300. The first-order valence-electron chi connectivity index (χ1n) is 10.6. The van der Waals surface area contributed by atoms with E-state index in [1.54, 1.807) is 0 Å². The standard InChI is InChI=1S/C23H42N/c1-3-4-5-6-7-8-9-10-11-12-13-14-15-16-17-18-19-20-21-23(2)22-24/h3-4,23H,2,5-21H2,1H3. The van der Waals surface area contributed by atoms with E-state index in [1.165, 1.54) is 103 Å². The van der Waals surface area contributed by atoms with Gasteiger partial charge in [-0.3, -0.25) is 0 Å². The molecular formula is C23H42N. The summed E-state index contributed by atoms with van der Waals surface area (Å²) in [7, 11) is 0. The zero-order valence-electron chi connectivity index (χ0n) is 16.4. The van der Waals surface area contributed by atoms with Gasteiger partial charge in [0.25, 0.3) is 0 Å². The van der Waals surface area contributed by atoms with E-state index in [1.807, 2.05) is 0 Å². The van der Waals surface area contributed by atoms with E-state index in [2.05, 4.69) is 32.1 Å². The Kier molecular flexibility index (Phi) is 19.6. The van der Waals surface area contributed by atoms with Crippen molar-refractivity contribution >= 4 is 0 Å². The van der Waals surface area contributed by atoms with Crippen LogP contribution in [0.4, 0.5) is 0 Å². The van der Waals surface area contributed by atoms with E-state index in [0.717, 1.165) is 6.42 Å². The maximum atomic E-state index is 8.66. The van der Waals surface area contributed by atoms with Gasteiger partial charge in [-0.2, -0.15) is 5.26 Å². The number of nitriles is 1. The Morgan fingerprint density at radius 2 is 1.08 bits per heavy atom. The Labute approximate surface area is 152 Å². The van der Waals surface area contributed by atoms with Gasteiger partial charge in [0, 0.05) is 5.92 Å². The molecule has 0 bridgehead atoms. The Morgan fingerprint density at radius 1 is 0.708 bits per heavy atom. The highest BCUT2D eigenvalue weighted by Gasteiger charge is 1.99. The lowest BCUT2D eigenvalue weighted by atomic mass is 10.0. The molecule has 0 spiro atoms. The normalized spacial score (nSPS) is 12.5. The summed E-state index contributed by atoms with van der Waals surface area (Å²) in [6.07, 6.45) is 27.5. The molecule has 0 heterocycles. The lowest BCUT2D eigenvalue weighted by Gasteiger charge is -2.04. The van der Waals surface area contributed by atoms with E-state index in [0.29, 0.717) is 0 Å². The highest BCUT2D eigenvalue weighted by atomic mass is 14.3. The first kappa shape index (κ1) is 23.2. The van der Waals surface area contributed by atoms with E-state index >= 15 is 0 Å². The topological polar surface area (TPSA) is 23.8 Å². The van der Waals surface area contributed by atoms with Crippen molar-refractivity contribution in [2.45, 2.75) is 116 Å². The molecule has 0 N–H and O–H groups in total. The summed E-state index contributed by atoms with van der Waals surface area (Å²) >= 11 is 0. The van der Waals surface area contributed by atoms with Gasteiger partial charge in [0.2, 0.25) is 0 Å². The monoisotopic (exact) mass is 332 g/mol. The molecule has 0 aromatic rings. The van der Waals surface area contributed by atoms with Crippen LogP contribution in [0, 0.1) is 24.2 Å². The largest absolute Gasteiger partial charge is 0.198 e. The van der Waals surface area contributed by atoms with E-state index in [4.69, 9.17) is 5.26 Å². The highest BCUT2D eigenvalue weighted by molar-refractivity contribution is 4.83. The van der Waals surface area contributed by atoms with E-state index < -0.39 is 0 Å². The van der Waals surface area contributed by atoms with Gasteiger partial charge >= 0.3 is 0 Å². The van der Waals surface area contributed by atoms with Gasteiger partial charge in [0.1, 0.15) is 0 Å². The molecule has 1 atom stereocenters. The van der Waals surface area contributed by atoms with Gasteiger partial charge in [-0.25, -0.2) is 0 Å². The van der Waals surface area contributed by atoms with Crippen LogP contribution in [0.15, 0.2) is 12.2 Å². The lowest BCUT2D eigenvalue weighted by molar-refractivity contribution is 0.524. The van der Waals surface area contributed by atoms with Crippen LogP contribution >= 0.6 is 0 Å². The molecule has 24 heavy (non-hydrogen) atoms. The molecule has 0 amide bonds. The van der Waals surface area contributed by atoms with E-state index in [9.17, 15) is 0 Å². The summed E-state index contributed by atoms with van der Waals surface area (Å²) in [5.74, 6) is 0.00297. The zero-order valence-corrected chi connectivity index (χ0v) is 16.4. The minimum absolute atomic E-state index is 0.00297. The molecule has 0 aromatic heterocycles. The number of hydrogen-bond donors (Lipinski definition) is 0. The molecule has 0 rings (SSSR count). The molecule has 1 radical (unpaired) electrons. The minimum atomic E-state index is 0.00297. The quantitative estimate of drug-likeness (QED) is 0.183.